The zero-order valence-electron chi connectivity index (χ0n) is 28.3. The third-order valence-corrected chi connectivity index (χ3v) is 10.9. The van der Waals surface area contributed by atoms with Gasteiger partial charge in [-0.15, -0.1) is 27.7 Å². The van der Waals surface area contributed by atoms with E-state index >= 15 is 0 Å². The van der Waals surface area contributed by atoms with Crippen LogP contribution in [-0.4, -0.2) is 54.9 Å². The summed E-state index contributed by atoms with van der Waals surface area (Å²) in [4.78, 5) is 0. The second-order valence-corrected chi connectivity index (χ2v) is 14.1. The minimum absolute atomic E-state index is 0.190. The monoisotopic (exact) mass is 660 g/mol. The Morgan fingerprint density at radius 1 is 0.385 bits per heavy atom. The van der Waals surface area contributed by atoms with Crippen molar-refractivity contribution in [3.63, 3.8) is 0 Å². The summed E-state index contributed by atoms with van der Waals surface area (Å²) in [6.07, 6.45) is 0. The van der Waals surface area contributed by atoms with Crippen LogP contribution in [0.4, 0.5) is 0 Å². The Morgan fingerprint density at radius 3 is 1.60 bits per heavy atom. The number of fused-ring (bicyclic) bond motifs is 5. The minimum Gasteiger partial charge on any atom is -0.135 e. The Bertz CT molecular complexity index is 2890. The standard InChI is InChI=1S/C44H23B7S/c1-22-8-3-4-9-23(2)20-24(17-16-22)34-38-28(10-5-13-30(38)45)36(29-11-6-14-31(46)39(29)34)27-12-7-15-32-37(27)26-19-18-25(21-33(26)52-32)35-40(47)42(49)44(51)43(50)41(35)48/h3-21H,1-2H2. The smallest absolute Gasteiger partial charge is 0.114 e. The molecule has 52 heavy (non-hydrogen) atoms. The summed E-state index contributed by atoms with van der Waals surface area (Å²) in [6, 6.07) is 38.8. The van der Waals surface area contributed by atoms with Gasteiger partial charge in [0, 0.05) is 20.2 Å². The molecule has 1 heterocycles. The molecule has 0 aliphatic heterocycles. The van der Waals surface area contributed by atoms with Gasteiger partial charge in [0.05, 0.1) is 0 Å². The third kappa shape index (κ3) is 5.47. The van der Waals surface area contributed by atoms with Crippen LogP contribution in [0.2, 0.25) is 0 Å². The second-order valence-electron chi connectivity index (χ2n) is 13.0. The first kappa shape index (κ1) is 34.1. The number of benzene rings is 6. The third-order valence-electron chi connectivity index (χ3n) is 9.82. The Balaban J connectivity index is 1.48. The zero-order valence-corrected chi connectivity index (χ0v) is 29.2. The molecule has 0 unspecified atom stereocenters. The second kappa shape index (κ2) is 13.2. The molecular weight excluding hydrogens is 636 g/mol. The van der Waals surface area contributed by atoms with Crippen LogP contribution in [0, 0.1) is 0 Å². The minimum atomic E-state index is 0.190. The summed E-state index contributed by atoms with van der Waals surface area (Å²) < 4.78 is 2.17. The van der Waals surface area contributed by atoms with Gasteiger partial charge < -0.3 is 0 Å². The van der Waals surface area contributed by atoms with Crippen molar-refractivity contribution in [1.82, 2.24) is 0 Å². The molecule has 0 fully saturated rings. The first-order chi connectivity index (χ1) is 25.0. The molecule has 0 bridgehead atoms. The molecule has 0 saturated heterocycles. The topological polar surface area (TPSA) is 0 Å². The maximum absolute atomic E-state index is 6.95. The van der Waals surface area contributed by atoms with Crippen molar-refractivity contribution in [3.05, 3.63) is 126 Å². The van der Waals surface area contributed by atoms with E-state index in [9.17, 15) is 0 Å². The predicted molar refractivity (Wildman–Crippen MR) is 236 cm³/mol. The van der Waals surface area contributed by atoms with Crippen LogP contribution < -0.4 is 48.7 Å². The summed E-state index contributed by atoms with van der Waals surface area (Å²) >= 11 is 1.69. The molecule has 8 rings (SSSR count). The van der Waals surface area contributed by atoms with Crippen LogP contribution >= 0.6 is 11.3 Å². The van der Waals surface area contributed by atoms with Gasteiger partial charge in [0.25, 0.3) is 0 Å². The van der Waals surface area contributed by atoms with Crippen LogP contribution in [0.5, 0.6) is 0 Å². The quantitative estimate of drug-likeness (QED) is 0.203. The van der Waals surface area contributed by atoms with E-state index in [1.165, 1.54) is 0 Å². The largest absolute Gasteiger partial charge is 0.135 e. The lowest BCUT2D eigenvalue weighted by atomic mass is 9.59. The van der Waals surface area contributed by atoms with Crippen molar-refractivity contribution in [1.29, 1.82) is 0 Å². The van der Waals surface area contributed by atoms with Crippen molar-refractivity contribution < 1.29 is 0 Å². The lowest BCUT2D eigenvalue weighted by Crippen LogP contribution is -2.55. The number of rotatable bonds is 3. The molecular formula is C44H23B7S. The Hall–Kier alpha value is -5.05. The van der Waals surface area contributed by atoms with Crippen LogP contribution in [0.1, 0.15) is 0 Å². The first-order valence-electron chi connectivity index (χ1n) is 16.7. The molecule has 226 valence electrons. The summed E-state index contributed by atoms with van der Waals surface area (Å²) in [5.41, 5.74) is 7.90. The molecule has 0 aliphatic carbocycles. The molecule has 8 heteroatoms. The van der Waals surface area contributed by atoms with E-state index in [1.54, 1.807) is 11.3 Å². The van der Waals surface area contributed by atoms with E-state index in [4.69, 9.17) is 54.9 Å². The molecule has 1 aromatic heterocycles. The van der Waals surface area contributed by atoms with Gasteiger partial charge in [0.1, 0.15) is 54.9 Å². The van der Waals surface area contributed by atoms with Crippen molar-refractivity contribution >= 4 is 159 Å². The van der Waals surface area contributed by atoms with E-state index in [-0.39, 0.29) is 16.4 Å². The lowest BCUT2D eigenvalue weighted by molar-refractivity contribution is 1.61. The molecule has 0 N–H and O–H groups in total. The van der Waals surface area contributed by atoms with Gasteiger partial charge in [-0.05, 0) is 83.6 Å². The maximum Gasteiger partial charge on any atom is 0.114 e. The fourth-order valence-electron chi connectivity index (χ4n) is 7.38. The summed E-state index contributed by atoms with van der Waals surface area (Å²) in [7, 11) is 45.4. The molecule has 0 spiro atoms. The van der Waals surface area contributed by atoms with E-state index < -0.39 is 0 Å². The average molecular weight is 659 g/mol. The summed E-state index contributed by atoms with van der Waals surface area (Å²) in [6.45, 7) is 8.52. The van der Waals surface area contributed by atoms with E-state index in [2.05, 4.69) is 67.8 Å². The number of hydrogen-bond donors (Lipinski definition) is 0. The van der Waals surface area contributed by atoms with Gasteiger partial charge in [-0.3, -0.25) is 0 Å². The number of thiophene rings is 1. The van der Waals surface area contributed by atoms with Gasteiger partial charge in [-0.25, -0.2) is 0 Å². The normalized spacial score (nSPS) is 11.4. The van der Waals surface area contributed by atoms with Crippen LogP contribution in [-0.2, 0) is 0 Å². The first-order valence-corrected chi connectivity index (χ1v) is 17.5. The predicted octanol–water partition coefficient (Wildman–Crippen LogP) is 2.86. The highest BCUT2D eigenvalue weighted by Crippen LogP contribution is 2.47. The van der Waals surface area contributed by atoms with E-state index in [0.29, 0.717) is 27.4 Å². The van der Waals surface area contributed by atoms with Gasteiger partial charge in [0.15, 0.2) is 0 Å². The SMILES string of the molecule is [B]c1c([B])c([B])c(-c2ccc3c(c2)sc2cccc(-c4c5cccc([B])c5c(-c5ccc(=C)ccccc(=C)c5)c5c([B])cccc45)c23)c([B])c1[B]. The Kier molecular flexibility index (Phi) is 8.63. The zero-order chi connectivity index (χ0) is 36.4. The van der Waals surface area contributed by atoms with Crippen LogP contribution in [0.15, 0.2) is 115 Å². The molecule has 0 nitrogen and oxygen atoms in total. The molecule has 0 saturated carbocycles. The molecule has 8 aromatic rings. The molecule has 0 amide bonds. The van der Waals surface area contributed by atoms with Gasteiger partial charge >= 0.3 is 0 Å². The lowest BCUT2D eigenvalue weighted by Gasteiger charge is -2.21. The molecule has 0 atom stereocenters. The van der Waals surface area contributed by atoms with E-state index in [0.717, 1.165) is 80.0 Å². The highest BCUT2D eigenvalue weighted by molar-refractivity contribution is 7.26. The van der Waals surface area contributed by atoms with Gasteiger partial charge in [0.2, 0.25) is 0 Å². The molecule has 0 aliphatic rings. The fraction of sp³-hybridized carbons (Fsp3) is 0. The summed E-state index contributed by atoms with van der Waals surface area (Å²) in [5, 5.41) is 7.75. The van der Waals surface area contributed by atoms with Crippen molar-refractivity contribution in [2.45, 2.75) is 0 Å². The van der Waals surface area contributed by atoms with Crippen LogP contribution in [0.3, 0.4) is 0 Å². The fourth-order valence-corrected chi connectivity index (χ4v) is 8.55. The van der Waals surface area contributed by atoms with Gasteiger partial charge in [-0.2, -0.15) is 0 Å². The summed E-state index contributed by atoms with van der Waals surface area (Å²) in [5.74, 6) is 0. The van der Waals surface area contributed by atoms with Crippen molar-refractivity contribution in [2.75, 3.05) is 0 Å². The van der Waals surface area contributed by atoms with Gasteiger partial charge in [-0.1, -0.05) is 132 Å². The van der Waals surface area contributed by atoms with Crippen LogP contribution in [0.25, 0.3) is 88.3 Å². The Morgan fingerprint density at radius 2 is 0.942 bits per heavy atom. The van der Waals surface area contributed by atoms with Crippen molar-refractivity contribution in [2.24, 2.45) is 0 Å². The van der Waals surface area contributed by atoms with E-state index in [1.807, 2.05) is 60.7 Å². The molecule has 7 aromatic carbocycles. The molecule has 14 radical (unpaired) electrons. The van der Waals surface area contributed by atoms with Crippen molar-refractivity contribution in [3.8, 4) is 33.4 Å². The highest BCUT2D eigenvalue weighted by Gasteiger charge is 2.22. The highest BCUT2D eigenvalue weighted by atomic mass is 32.1. The number of hydrogen-bond acceptors (Lipinski definition) is 1. The maximum atomic E-state index is 6.95. The average Bonchev–Trinajstić information content (AvgIpc) is 3.51. The Labute approximate surface area is 316 Å².